The molecule has 2 aromatic carbocycles. The standard InChI is InChI=1S/C22H11B7N4O/c1-33-8-30-7-12(33)9-2-3-10-6-31-13(5-11(10)4-9)32-22(34)21(29)17(25)14-15(23)18(26)20(28)19(27)16(14)24/h2-8H,1H3,(H,31,32,34)/b21-17+. The Kier molecular flexibility index (Phi) is 6.44. The highest BCUT2D eigenvalue weighted by Gasteiger charge is 2.16. The number of fused-ring (bicyclic) bond motifs is 1. The number of pyridine rings is 1. The van der Waals surface area contributed by atoms with Crippen molar-refractivity contribution in [3.63, 3.8) is 0 Å². The van der Waals surface area contributed by atoms with Gasteiger partial charge in [0.2, 0.25) is 5.91 Å². The summed E-state index contributed by atoms with van der Waals surface area (Å²) in [6, 6.07) is 7.60. The van der Waals surface area contributed by atoms with E-state index in [0.29, 0.717) is 0 Å². The third-order valence-corrected chi connectivity index (χ3v) is 5.58. The Morgan fingerprint density at radius 3 is 2.15 bits per heavy atom. The molecule has 4 aromatic rings. The lowest BCUT2D eigenvalue weighted by atomic mass is 9.57. The zero-order chi connectivity index (χ0) is 24.7. The minimum absolute atomic E-state index is 0.00159. The lowest BCUT2D eigenvalue weighted by Gasteiger charge is -2.23. The molecule has 0 bridgehead atoms. The summed E-state index contributed by atoms with van der Waals surface area (Å²) >= 11 is 0. The maximum absolute atomic E-state index is 12.8. The topological polar surface area (TPSA) is 59.8 Å². The van der Waals surface area contributed by atoms with Gasteiger partial charge in [0.15, 0.2) is 0 Å². The molecule has 12 heteroatoms. The smallest absolute Gasteiger partial charge is 0.241 e. The summed E-state index contributed by atoms with van der Waals surface area (Å²) in [5.74, 6) is -0.437. The van der Waals surface area contributed by atoms with Gasteiger partial charge in [0.05, 0.1) is 18.2 Å². The number of nitrogens with zero attached hydrogens (tertiary/aromatic N) is 3. The minimum Gasteiger partial charge on any atom is -0.334 e. The van der Waals surface area contributed by atoms with Gasteiger partial charge in [0.1, 0.15) is 60.7 Å². The maximum atomic E-state index is 12.8. The predicted octanol–water partition coefficient (Wildman–Crippen LogP) is -2.75. The van der Waals surface area contributed by atoms with Crippen molar-refractivity contribution in [1.82, 2.24) is 14.5 Å². The SMILES string of the molecule is [B]/C(C(=O)Nc1cc2cc(-c3cncn3C)ccc2cn1)=C(/[B])c1c([B])c([B])c([B])c([B])c1[B]. The van der Waals surface area contributed by atoms with Crippen molar-refractivity contribution in [2.75, 3.05) is 5.32 Å². The largest absolute Gasteiger partial charge is 0.334 e. The molecule has 0 aliphatic carbocycles. The van der Waals surface area contributed by atoms with Crippen LogP contribution in [0, 0.1) is 0 Å². The van der Waals surface area contributed by atoms with Gasteiger partial charge in [-0.1, -0.05) is 28.5 Å². The van der Waals surface area contributed by atoms with E-state index in [0.717, 1.165) is 22.0 Å². The van der Waals surface area contributed by atoms with Crippen molar-refractivity contribution in [2.45, 2.75) is 0 Å². The van der Waals surface area contributed by atoms with E-state index in [-0.39, 0.29) is 49.6 Å². The summed E-state index contributed by atoms with van der Waals surface area (Å²) < 4.78 is 1.91. The lowest BCUT2D eigenvalue weighted by molar-refractivity contribution is -0.112. The molecule has 34 heavy (non-hydrogen) atoms. The van der Waals surface area contributed by atoms with Gasteiger partial charge in [-0.15, -0.1) is 16.4 Å². The van der Waals surface area contributed by atoms with Crippen molar-refractivity contribution >= 4 is 110 Å². The number of amides is 1. The predicted molar refractivity (Wildman–Crippen MR) is 144 cm³/mol. The number of carbonyl (C=O) groups excluding carboxylic acids is 1. The van der Waals surface area contributed by atoms with Gasteiger partial charge in [-0.3, -0.25) is 4.79 Å². The zero-order valence-electron chi connectivity index (χ0n) is 18.3. The van der Waals surface area contributed by atoms with Gasteiger partial charge in [0.25, 0.3) is 0 Å². The Bertz CT molecular complexity index is 1470. The molecule has 0 saturated carbocycles. The first-order chi connectivity index (χ1) is 16.1. The highest BCUT2D eigenvalue weighted by atomic mass is 16.1. The second-order valence-electron chi connectivity index (χ2n) is 7.75. The zero-order valence-corrected chi connectivity index (χ0v) is 18.3. The van der Waals surface area contributed by atoms with Crippen LogP contribution in [0.25, 0.3) is 27.5 Å². The number of anilines is 1. The fraction of sp³-hybridized carbons (Fsp3) is 0.0455. The molecule has 146 valence electrons. The lowest BCUT2D eigenvalue weighted by Crippen LogP contribution is -2.56. The third kappa shape index (κ3) is 4.17. The van der Waals surface area contributed by atoms with Crippen molar-refractivity contribution in [3.8, 4) is 11.3 Å². The van der Waals surface area contributed by atoms with Gasteiger partial charge in [0, 0.05) is 24.2 Å². The molecule has 0 spiro atoms. The minimum atomic E-state index is -0.708. The highest BCUT2D eigenvalue weighted by Crippen LogP contribution is 2.25. The molecule has 1 amide bonds. The fourth-order valence-corrected chi connectivity index (χ4v) is 3.58. The van der Waals surface area contributed by atoms with Crippen LogP contribution in [0.5, 0.6) is 0 Å². The number of benzene rings is 2. The van der Waals surface area contributed by atoms with Gasteiger partial charge < -0.3 is 9.88 Å². The average molecular weight is 423 g/mol. The number of nitrogens with one attached hydrogen (secondary N) is 1. The van der Waals surface area contributed by atoms with E-state index in [2.05, 4.69) is 15.3 Å². The van der Waals surface area contributed by atoms with Crippen LogP contribution in [0.3, 0.4) is 0 Å². The first kappa shape index (κ1) is 23.9. The molecule has 14 radical (unpaired) electrons. The molecule has 0 saturated heterocycles. The summed E-state index contributed by atoms with van der Waals surface area (Å²) in [6.45, 7) is 0. The van der Waals surface area contributed by atoms with Crippen LogP contribution in [0.15, 0.2) is 48.5 Å². The van der Waals surface area contributed by atoms with Crippen LogP contribution in [-0.4, -0.2) is 75.4 Å². The number of imidazole rings is 1. The molecular formula is C22H11B7N4O. The molecule has 4 rings (SSSR count). The Morgan fingerprint density at radius 2 is 1.53 bits per heavy atom. The monoisotopic (exact) mass is 424 g/mol. The van der Waals surface area contributed by atoms with E-state index in [1.165, 1.54) is 0 Å². The Morgan fingerprint density at radius 1 is 0.882 bits per heavy atom. The van der Waals surface area contributed by atoms with Gasteiger partial charge in [-0.25, -0.2) is 9.97 Å². The summed E-state index contributed by atoms with van der Waals surface area (Å²) in [7, 11) is 43.6. The molecule has 0 atom stereocenters. The van der Waals surface area contributed by atoms with Crippen LogP contribution in [-0.2, 0) is 11.8 Å². The number of hydrogen-bond acceptors (Lipinski definition) is 3. The van der Waals surface area contributed by atoms with Crippen LogP contribution in [0.4, 0.5) is 5.82 Å². The number of hydrogen-bond donors (Lipinski definition) is 1. The van der Waals surface area contributed by atoms with Crippen LogP contribution in [0.1, 0.15) is 5.56 Å². The van der Waals surface area contributed by atoms with E-state index in [1.807, 2.05) is 29.8 Å². The molecule has 0 fully saturated rings. The van der Waals surface area contributed by atoms with Crippen molar-refractivity contribution in [1.29, 1.82) is 0 Å². The molecule has 0 aliphatic heterocycles. The maximum Gasteiger partial charge on any atom is 0.241 e. The molecule has 0 unspecified atom stereocenters. The van der Waals surface area contributed by atoms with Crippen molar-refractivity contribution < 1.29 is 4.79 Å². The second kappa shape index (κ2) is 9.17. The van der Waals surface area contributed by atoms with E-state index in [1.54, 1.807) is 24.8 Å². The second-order valence-corrected chi connectivity index (χ2v) is 7.75. The Labute approximate surface area is 207 Å². The molecule has 5 nitrogen and oxygen atoms in total. The number of rotatable bonds is 4. The summed E-state index contributed by atoms with van der Waals surface area (Å²) in [5, 5.41) is 4.37. The molecule has 2 aromatic heterocycles. The summed E-state index contributed by atoms with van der Waals surface area (Å²) in [5.41, 5.74) is 1.40. The third-order valence-electron chi connectivity index (χ3n) is 5.58. The van der Waals surface area contributed by atoms with E-state index < -0.39 is 5.91 Å². The van der Waals surface area contributed by atoms with Gasteiger partial charge in [-0.05, 0) is 28.6 Å². The van der Waals surface area contributed by atoms with Crippen molar-refractivity contribution in [3.05, 3.63) is 54.0 Å². The molecular weight excluding hydrogens is 412 g/mol. The molecule has 0 aliphatic rings. The Balaban J connectivity index is 1.68. The number of carbonyl (C=O) groups is 1. The van der Waals surface area contributed by atoms with Crippen LogP contribution >= 0.6 is 0 Å². The number of aromatic nitrogens is 3. The van der Waals surface area contributed by atoms with Crippen LogP contribution < -0.4 is 32.6 Å². The Hall–Kier alpha value is -3.28. The first-order valence-electron chi connectivity index (χ1n) is 10.0. The molecule has 1 N–H and O–H groups in total. The normalized spacial score (nSPS) is 11.9. The fourth-order valence-electron chi connectivity index (χ4n) is 3.58. The highest BCUT2D eigenvalue weighted by molar-refractivity contribution is 6.70. The van der Waals surface area contributed by atoms with E-state index >= 15 is 0 Å². The van der Waals surface area contributed by atoms with Gasteiger partial charge in [-0.2, -0.15) is 0 Å². The summed E-state index contributed by atoms with van der Waals surface area (Å²) in [4.78, 5) is 21.2. The summed E-state index contributed by atoms with van der Waals surface area (Å²) in [6.07, 6.45) is 5.13. The molecule has 2 heterocycles. The first-order valence-corrected chi connectivity index (χ1v) is 10.0. The average Bonchev–Trinajstić information content (AvgIpc) is 3.26. The quantitative estimate of drug-likeness (QED) is 0.286. The van der Waals surface area contributed by atoms with E-state index in [4.69, 9.17) is 54.9 Å². The number of aryl methyl sites for hydroxylation is 1. The van der Waals surface area contributed by atoms with Gasteiger partial charge >= 0.3 is 0 Å². The van der Waals surface area contributed by atoms with E-state index in [9.17, 15) is 4.79 Å². The van der Waals surface area contributed by atoms with Crippen LogP contribution in [0.2, 0.25) is 0 Å². The van der Waals surface area contributed by atoms with Crippen molar-refractivity contribution in [2.24, 2.45) is 7.05 Å².